The molecule has 3 aromatic carbocycles. The lowest BCUT2D eigenvalue weighted by Gasteiger charge is -2.17. The number of amides is 1. The second-order valence-electron chi connectivity index (χ2n) is 7.10. The van der Waals surface area contributed by atoms with E-state index in [1.54, 1.807) is 31.4 Å². The van der Waals surface area contributed by atoms with Crippen molar-refractivity contribution in [2.24, 2.45) is 0 Å². The Hall–Kier alpha value is -2.96. The zero-order valence-corrected chi connectivity index (χ0v) is 16.7. The summed E-state index contributed by atoms with van der Waals surface area (Å²) in [4.78, 5) is 13.3. The molecule has 4 rings (SSSR count). The van der Waals surface area contributed by atoms with Gasteiger partial charge in [0, 0.05) is 10.6 Å². The third kappa shape index (κ3) is 3.95. The highest BCUT2D eigenvalue weighted by molar-refractivity contribution is 7.79. The van der Waals surface area contributed by atoms with Gasteiger partial charge in [-0.05, 0) is 77.0 Å². The molecule has 1 atom stereocenters. The Bertz CT molecular complexity index is 1060. The fraction of sp³-hybridized carbons (Fsp3) is 0.174. The van der Waals surface area contributed by atoms with Gasteiger partial charge in [0.15, 0.2) is 0 Å². The number of nitrogens with one attached hydrogen (secondary N) is 1. The highest BCUT2D eigenvalue weighted by Crippen LogP contribution is 2.49. The second kappa shape index (κ2) is 7.81. The highest BCUT2D eigenvalue weighted by Gasteiger charge is 2.51. The molecule has 0 aliphatic heterocycles. The van der Waals surface area contributed by atoms with Crippen LogP contribution in [-0.4, -0.2) is 21.8 Å². The summed E-state index contributed by atoms with van der Waals surface area (Å²) in [6.45, 7) is 0. The van der Waals surface area contributed by atoms with Crippen LogP contribution in [0.2, 0.25) is 0 Å². The maximum atomic E-state index is 13.0. The predicted octanol–water partition coefficient (Wildman–Crippen LogP) is 4.27. The minimum atomic E-state index is -2.24. The molecule has 0 bridgehead atoms. The second-order valence-corrected chi connectivity index (χ2v) is 8.05. The molecule has 1 aliphatic carbocycles. The van der Waals surface area contributed by atoms with Gasteiger partial charge in [0.1, 0.15) is 5.75 Å². The van der Waals surface area contributed by atoms with Gasteiger partial charge in [-0.2, -0.15) is 0 Å². The van der Waals surface area contributed by atoms with Crippen LogP contribution in [0.25, 0.3) is 11.1 Å². The van der Waals surface area contributed by atoms with E-state index in [1.807, 2.05) is 48.5 Å². The van der Waals surface area contributed by atoms with Crippen LogP contribution in [-0.2, 0) is 21.3 Å². The smallest absolute Gasteiger partial charge is 0.235 e. The Labute approximate surface area is 172 Å². The van der Waals surface area contributed by atoms with Crippen molar-refractivity contribution in [3.63, 3.8) is 0 Å². The third-order valence-corrected chi connectivity index (χ3v) is 5.98. The van der Waals surface area contributed by atoms with Crippen molar-refractivity contribution < 1.29 is 18.3 Å². The summed E-state index contributed by atoms with van der Waals surface area (Å²) in [5, 5.41) is 3.04. The first-order valence-electron chi connectivity index (χ1n) is 9.28. The standard InChI is InChI=1S/C23H21NO4S/c1-28-20-9-7-18(8-10-20)23(13-14-23)22(25)24-19-4-2-3-17(15-19)16-5-11-21(12-6-16)29(26)27/h2-12,15H,13-14H2,1H3,(H,24,25)(H,26,27)/p-1. The zero-order chi connectivity index (χ0) is 20.4. The molecular formula is C23H20NO4S-. The van der Waals surface area contributed by atoms with Crippen molar-refractivity contribution >= 4 is 22.7 Å². The first-order chi connectivity index (χ1) is 14.0. The van der Waals surface area contributed by atoms with Gasteiger partial charge in [-0.15, -0.1) is 0 Å². The Morgan fingerprint density at radius 3 is 2.28 bits per heavy atom. The number of carbonyl (C=O) groups excluding carboxylic acids is 1. The normalized spacial score (nSPS) is 15.4. The minimum Gasteiger partial charge on any atom is -0.768 e. The van der Waals surface area contributed by atoms with Crippen LogP contribution in [0.15, 0.2) is 77.7 Å². The molecule has 0 aromatic heterocycles. The molecule has 5 nitrogen and oxygen atoms in total. The number of methoxy groups -OCH3 is 1. The van der Waals surface area contributed by atoms with Gasteiger partial charge in [0.2, 0.25) is 5.91 Å². The largest absolute Gasteiger partial charge is 0.768 e. The molecule has 1 saturated carbocycles. The number of rotatable bonds is 6. The number of carbonyl (C=O) groups is 1. The van der Waals surface area contributed by atoms with Crippen molar-refractivity contribution in [1.82, 2.24) is 0 Å². The summed E-state index contributed by atoms with van der Waals surface area (Å²) in [7, 11) is 1.62. The average Bonchev–Trinajstić information content (AvgIpc) is 3.56. The Balaban J connectivity index is 1.53. The maximum Gasteiger partial charge on any atom is 0.235 e. The van der Waals surface area contributed by atoms with Gasteiger partial charge in [0.05, 0.1) is 12.5 Å². The molecule has 6 heteroatoms. The van der Waals surface area contributed by atoms with Crippen LogP contribution >= 0.6 is 0 Å². The van der Waals surface area contributed by atoms with Gasteiger partial charge >= 0.3 is 0 Å². The first kappa shape index (κ1) is 19.4. The van der Waals surface area contributed by atoms with Crippen molar-refractivity contribution in [3.05, 3.63) is 78.4 Å². The fourth-order valence-corrected chi connectivity index (χ4v) is 3.83. The summed E-state index contributed by atoms with van der Waals surface area (Å²) in [6, 6.07) is 21.8. The van der Waals surface area contributed by atoms with Gasteiger partial charge in [-0.3, -0.25) is 9.00 Å². The fourth-order valence-electron chi connectivity index (χ4n) is 3.47. The highest BCUT2D eigenvalue weighted by atomic mass is 32.2. The van der Waals surface area contributed by atoms with E-state index in [1.165, 1.54) is 0 Å². The number of anilines is 1. The lowest BCUT2D eigenvalue weighted by molar-refractivity contribution is -0.118. The molecule has 148 valence electrons. The van der Waals surface area contributed by atoms with E-state index in [2.05, 4.69) is 5.32 Å². The van der Waals surface area contributed by atoms with Crippen LogP contribution in [0.5, 0.6) is 5.75 Å². The molecular weight excluding hydrogens is 386 g/mol. The molecule has 1 amide bonds. The summed E-state index contributed by atoms with van der Waals surface area (Å²) in [5.41, 5.74) is 3.01. The van der Waals surface area contributed by atoms with Crippen LogP contribution in [0.3, 0.4) is 0 Å². The van der Waals surface area contributed by atoms with Gasteiger partial charge in [-0.25, -0.2) is 0 Å². The number of hydrogen-bond donors (Lipinski definition) is 1. The molecule has 0 heterocycles. The van der Waals surface area contributed by atoms with Gasteiger partial charge in [-0.1, -0.05) is 36.4 Å². The van der Waals surface area contributed by atoms with Crippen LogP contribution in [0.1, 0.15) is 18.4 Å². The van der Waals surface area contributed by atoms with E-state index in [4.69, 9.17) is 4.74 Å². The summed E-state index contributed by atoms with van der Waals surface area (Å²) in [6.07, 6.45) is 1.64. The Kier molecular flexibility index (Phi) is 5.22. The van der Waals surface area contributed by atoms with Crippen molar-refractivity contribution in [1.29, 1.82) is 0 Å². The van der Waals surface area contributed by atoms with Crippen LogP contribution in [0, 0.1) is 0 Å². The molecule has 0 saturated heterocycles. The predicted molar refractivity (Wildman–Crippen MR) is 112 cm³/mol. The number of benzene rings is 3. The molecule has 1 N–H and O–H groups in total. The van der Waals surface area contributed by atoms with E-state index in [-0.39, 0.29) is 10.8 Å². The van der Waals surface area contributed by atoms with Crippen molar-refractivity contribution in [2.45, 2.75) is 23.2 Å². The van der Waals surface area contributed by atoms with Crippen LogP contribution in [0.4, 0.5) is 5.69 Å². The molecule has 0 radical (unpaired) electrons. The molecule has 1 unspecified atom stereocenters. The first-order valence-corrected chi connectivity index (χ1v) is 10.4. The molecule has 3 aromatic rings. The topological polar surface area (TPSA) is 78.5 Å². The molecule has 1 aliphatic rings. The zero-order valence-electron chi connectivity index (χ0n) is 15.9. The number of ether oxygens (including phenoxy) is 1. The quantitative estimate of drug-likeness (QED) is 0.620. The summed E-state index contributed by atoms with van der Waals surface area (Å²) < 4.78 is 27.2. The summed E-state index contributed by atoms with van der Waals surface area (Å²) >= 11 is -2.24. The van der Waals surface area contributed by atoms with Crippen LogP contribution < -0.4 is 10.1 Å². The van der Waals surface area contributed by atoms with Gasteiger partial charge < -0.3 is 14.6 Å². The summed E-state index contributed by atoms with van der Waals surface area (Å²) in [5.74, 6) is 0.751. The lowest BCUT2D eigenvalue weighted by Crippen LogP contribution is -2.27. The number of hydrogen-bond acceptors (Lipinski definition) is 4. The maximum absolute atomic E-state index is 13.0. The van der Waals surface area contributed by atoms with E-state index in [9.17, 15) is 13.6 Å². The molecule has 29 heavy (non-hydrogen) atoms. The van der Waals surface area contributed by atoms with Crippen molar-refractivity contribution in [3.8, 4) is 16.9 Å². The Morgan fingerprint density at radius 2 is 1.69 bits per heavy atom. The van der Waals surface area contributed by atoms with E-state index in [0.29, 0.717) is 5.69 Å². The van der Waals surface area contributed by atoms with E-state index >= 15 is 0 Å². The average molecular weight is 406 g/mol. The molecule has 1 fully saturated rings. The van der Waals surface area contributed by atoms with E-state index < -0.39 is 16.5 Å². The van der Waals surface area contributed by atoms with Crippen molar-refractivity contribution in [2.75, 3.05) is 12.4 Å². The third-order valence-electron chi connectivity index (χ3n) is 5.33. The van der Waals surface area contributed by atoms with Gasteiger partial charge in [0.25, 0.3) is 0 Å². The lowest BCUT2D eigenvalue weighted by atomic mass is 9.94. The molecule has 0 spiro atoms. The van der Waals surface area contributed by atoms with E-state index in [0.717, 1.165) is 35.3 Å². The minimum absolute atomic E-state index is 0.0167. The monoisotopic (exact) mass is 406 g/mol. The Morgan fingerprint density at radius 1 is 1.00 bits per heavy atom. The SMILES string of the molecule is COc1ccc(C2(C(=O)Nc3cccc(-c4ccc(S(=O)[O-])cc4)c3)CC2)cc1.